The average molecular weight is 801 g/mol. The summed E-state index contributed by atoms with van der Waals surface area (Å²) >= 11 is 0. The zero-order valence-electron chi connectivity index (χ0n) is 31.8. The number of alkyl halides is 6. The van der Waals surface area contributed by atoms with Crippen molar-refractivity contribution in [2.24, 2.45) is 0 Å². The van der Waals surface area contributed by atoms with E-state index in [1.807, 2.05) is 168 Å². The molecule has 0 saturated heterocycles. The van der Waals surface area contributed by atoms with Gasteiger partial charge in [0, 0.05) is 34.1 Å². The average Bonchev–Trinajstić information content (AvgIpc) is 3.27. The number of hydrogen-bond acceptors (Lipinski definition) is 2. The second-order valence-electron chi connectivity index (χ2n) is 14.5. The summed E-state index contributed by atoms with van der Waals surface area (Å²) in [5, 5.41) is 3.99. The highest BCUT2D eigenvalue weighted by Gasteiger charge is 2.32. The molecule has 2 nitrogen and oxygen atoms in total. The van der Waals surface area contributed by atoms with Crippen LogP contribution < -0.4 is 9.80 Å². The number of hydrogen-bond donors (Lipinski definition) is 0. The Morgan fingerprint density at radius 2 is 0.550 bits per heavy atom. The molecule has 0 heterocycles. The Bertz CT molecular complexity index is 2750. The van der Waals surface area contributed by atoms with Crippen LogP contribution in [0.2, 0.25) is 0 Å². The molecule has 0 radical (unpaired) electrons. The molecule has 9 rings (SSSR count). The van der Waals surface area contributed by atoms with Crippen LogP contribution in [-0.2, 0) is 12.4 Å². The quantitative estimate of drug-likeness (QED) is 0.141. The van der Waals surface area contributed by atoms with Gasteiger partial charge in [-0.2, -0.15) is 26.3 Å². The molecule has 8 heteroatoms. The van der Waals surface area contributed by atoms with Crippen LogP contribution in [0.4, 0.5) is 60.5 Å². The van der Waals surface area contributed by atoms with Gasteiger partial charge in [0.05, 0.1) is 11.1 Å². The number of rotatable bonds is 8. The molecule has 0 aliphatic heterocycles. The first kappa shape index (κ1) is 38.2. The molecular weight excluding hydrogens is 767 g/mol. The Balaban J connectivity index is 1.00. The topological polar surface area (TPSA) is 6.48 Å². The molecule has 0 bridgehead atoms. The molecule has 0 N–H and O–H groups in total. The molecule has 0 saturated carbocycles. The molecule has 0 spiro atoms. The smallest absolute Gasteiger partial charge is 0.310 e. The third-order valence-corrected chi connectivity index (χ3v) is 10.6. The monoisotopic (exact) mass is 800 g/mol. The van der Waals surface area contributed by atoms with Crippen molar-refractivity contribution in [3.05, 3.63) is 217 Å². The molecule has 0 aliphatic rings. The summed E-state index contributed by atoms with van der Waals surface area (Å²) in [5.41, 5.74) is 5.93. The molecule has 0 atom stereocenters. The van der Waals surface area contributed by atoms with Crippen molar-refractivity contribution in [2.45, 2.75) is 12.4 Å². The fourth-order valence-corrected chi connectivity index (χ4v) is 7.63. The maximum absolute atomic E-state index is 13.8. The van der Waals surface area contributed by atoms with Gasteiger partial charge >= 0.3 is 12.4 Å². The molecule has 60 heavy (non-hydrogen) atoms. The van der Waals surface area contributed by atoms with E-state index in [9.17, 15) is 26.3 Å². The first-order valence-electron chi connectivity index (χ1n) is 19.2. The SMILES string of the molecule is FC(F)(F)c1cccc(N(c2ccc(-c3ccc(-c4ccc(N(c5cccc(C(F)(F)F)c5)c5ccc6ccccc6c5)cc4)cc3)cc2)c2ccc3ccccc3c2)c1. The van der Waals surface area contributed by atoms with Crippen LogP contribution in [0, 0.1) is 0 Å². The van der Waals surface area contributed by atoms with Crippen molar-refractivity contribution in [1.29, 1.82) is 0 Å². The number of fused-ring (bicyclic) bond motifs is 2. The summed E-state index contributed by atoms with van der Waals surface area (Å²) in [7, 11) is 0. The molecular formula is C52H34F6N2. The van der Waals surface area contributed by atoms with Crippen LogP contribution in [-0.4, -0.2) is 0 Å². The van der Waals surface area contributed by atoms with E-state index in [2.05, 4.69) is 0 Å². The predicted molar refractivity (Wildman–Crippen MR) is 232 cm³/mol. The van der Waals surface area contributed by atoms with E-state index in [1.54, 1.807) is 12.1 Å². The zero-order chi connectivity index (χ0) is 41.4. The molecule has 0 fully saturated rings. The van der Waals surface area contributed by atoms with Crippen LogP contribution in [0.5, 0.6) is 0 Å². The van der Waals surface area contributed by atoms with E-state index >= 15 is 0 Å². The molecule has 9 aromatic rings. The summed E-state index contributed by atoms with van der Waals surface area (Å²) in [5.74, 6) is 0. The Morgan fingerprint density at radius 1 is 0.250 bits per heavy atom. The van der Waals surface area contributed by atoms with Crippen LogP contribution in [0.15, 0.2) is 206 Å². The summed E-state index contributed by atoms with van der Waals surface area (Å²) in [6.07, 6.45) is -8.98. The lowest BCUT2D eigenvalue weighted by Crippen LogP contribution is -2.12. The molecule has 9 aromatic carbocycles. The van der Waals surface area contributed by atoms with Crippen molar-refractivity contribution >= 4 is 55.7 Å². The van der Waals surface area contributed by atoms with Crippen LogP contribution >= 0.6 is 0 Å². The number of halogens is 6. The first-order valence-corrected chi connectivity index (χ1v) is 19.2. The van der Waals surface area contributed by atoms with Gasteiger partial charge in [-0.15, -0.1) is 0 Å². The molecule has 0 aromatic heterocycles. The highest BCUT2D eigenvalue weighted by Crippen LogP contribution is 2.42. The maximum Gasteiger partial charge on any atom is 0.416 e. The summed E-state index contributed by atoms with van der Waals surface area (Å²) < 4.78 is 83.0. The number of benzene rings is 9. The van der Waals surface area contributed by atoms with Gasteiger partial charge in [-0.3, -0.25) is 0 Å². The van der Waals surface area contributed by atoms with Gasteiger partial charge < -0.3 is 9.80 Å². The van der Waals surface area contributed by atoms with Gasteiger partial charge in [0.2, 0.25) is 0 Å². The number of anilines is 6. The minimum Gasteiger partial charge on any atom is -0.310 e. The van der Waals surface area contributed by atoms with Crippen molar-refractivity contribution in [3.8, 4) is 22.3 Å². The lowest BCUT2D eigenvalue weighted by atomic mass is 9.99. The largest absolute Gasteiger partial charge is 0.416 e. The summed E-state index contributed by atoms with van der Waals surface area (Å²) in [4.78, 5) is 3.65. The normalized spacial score (nSPS) is 11.8. The van der Waals surface area contributed by atoms with Crippen molar-refractivity contribution < 1.29 is 26.3 Å². The fraction of sp³-hybridized carbons (Fsp3) is 0.0385. The van der Waals surface area contributed by atoms with Gasteiger partial charge in [0.1, 0.15) is 0 Å². The van der Waals surface area contributed by atoms with E-state index < -0.39 is 23.5 Å². The lowest BCUT2D eigenvalue weighted by molar-refractivity contribution is -0.138. The second kappa shape index (κ2) is 15.5. The Hall–Kier alpha value is -7.32. The minimum absolute atomic E-state index is 0.387. The van der Waals surface area contributed by atoms with E-state index in [-0.39, 0.29) is 0 Å². The van der Waals surface area contributed by atoms with Crippen LogP contribution in [0.1, 0.15) is 11.1 Å². The first-order chi connectivity index (χ1) is 29.0. The molecule has 0 amide bonds. The Morgan fingerprint density at radius 3 is 0.900 bits per heavy atom. The Labute approximate surface area is 342 Å². The second-order valence-corrected chi connectivity index (χ2v) is 14.5. The summed E-state index contributed by atoms with van der Waals surface area (Å²) in [6.45, 7) is 0. The Kier molecular flexibility index (Phi) is 9.84. The van der Waals surface area contributed by atoms with Crippen molar-refractivity contribution in [2.75, 3.05) is 9.80 Å². The maximum atomic E-state index is 13.8. The van der Waals surface area contributed by atoms with Gasteiger partial charge in [0.25, 0.3) is 0 Å². The van der Waals surface area contributed by atoms with Gasteiger partial charge in [-0.1, -0.05) is 121 Å². The van der Waals surface area contributed by atoms with E-state index in [0.29, 0.717) is 22.7 Å². The highest BCUT2D eigenvalue weighted by molar-refractivity contribution is 5.91. The molecule has 0 unspecified atom stereocenters. The molecule has 0 aliphatic carbocycles. The van der Waals surface area contributed by atoms with E-state index in [4.69, 9.17) is 0 Å². The minimum atomic E-state index is -4.49. The van der Waals surface area contributed by atoms with Gasteiger partial charge in [-0.05, 0) is 129 Å². The van der Waals surface area contributed by atoms with Crippen molar-refractivity contribution in [1.82, 2.24) is 0 Å². The highest BCUT2D eigenvalue weighted by atomic mass is 19.4. The van der Waals surface area contributed by atoms with Gasteiger partial charge in [0.15, 0.2) is 0 Å². The summed E-state index contributed by atoms with van der Waals surface area (Å²) in [6, 6.07) is 61.6. The van der Waals surface area contributed by atoms with Crippen LogP contribution in [0.3, 0.4) is 0 Å². The van der Waals surface area contributed by atoms with E-state index in [1.165, 1.54) is 24.3 Å². The predicted octanol–water partition coefficient (Wildman–Crippen LogP) is 16.3. The standard InChI is InChI=1S/C52H34F6N2/c53-51(54,55)43-11-5-13-47(33-43)59(49-29-23-35-7-1-3-9-41(35)31-49)45-25-19-39(20-26-45)37-15-17-38(18-16-37)40-21-27-46(28-22-40)60(48-14-6-12-44(34-48)52(56,57)58)50-30-24-36-8-2-4-10-42(36)32-50/h1-34H. The fourth-order valence-electron chi connectivity index (χ4n) is 7.63. The molecule has 294 valence electrons. The van der Waals surface area contributed by atoms with Gasteiger partial charge in [-0.25, -0.2) is 0 Å². The van der Waals surface area contributed by atoms with Crippen molar-refractivity contribution in [3.63, 3.8) is 0 Å². The number of nitrogens with zero attached hydrogens (tertiary/aromatic N) is 2. The lowest BCUT2D eigenvalue weighted by Gasteiger charge is -2.27. The third kappa shape index (κ3) is 7.79. The third-order valence-electron chi connectivity index (χ3n) is 10.6. The van der Waals surface area contributed by atoms with E-state index in [0.717, 1.165) is 67.3 Å². The van der Waals surface area contributed by atoms with Crippen LogP contribution in [0.25, 0.3) is 43.8 Å². The zero-order valence-corrected chi connectivity index (χ0v) is 31.8.